The molecule has 1 saturated heterocycles. The lowest BCUT2D eigenvalue weighted by Gasteiger charge is -2.13. The van der Waals surface area contributed by atoms with Gasteiger partial charge in [-0.1, -0.05) is 35.4 Å². The maximum absolute atomic E-state index is 12.8. The molecule has 1 N–H and O–H groups in total. The molecular formula is C24H18BrCl2N3O4. The van der Waals surface area contributed by atoms with Gasteiger partial charge in [-0.2, -0.15) is 10.1 Å². The van der Waals surface area contributed by atoms with Gasteiger partial charge in [-0.15, -0.1) is 0 Å². The van der Waals surface area contributed by atoms with Crippen molar-refractivity contribution >= 4 is 68.8 Å². The number of benzene rings is 2. The summed E-state index contributed by atoms with van der Waals surface area (Å²) in [5, 5.41) is 8.66. The number of carbonyl (C=O) groups is 3. The SMILES string of the molecule is O=C(COc1c(Cl)cc(C=NN2C(=O)[C@@H]3[C@H](C2=O)[C@H]2C=C[C@H]3C2)cc1Br)Nc1ccc(Cl)cc1. The number of fused-ring (bicyclic) bond motifs is 5. The summed E-state index contributed by atoms with van der Waals surface area (Å²) in [4.78, 5) is 37.7. The van der Waals surface area contributed by atoms with Gasteiger partial charge in [-0.25, -0.2) is 0 Å². The Morgan fingerprint density at radius 2 is 1.76 bits per heavy atom. The molecule has 2 aromatic carbocycles. The molecule has 1 aliphatic heterocycles. The maximum atomic E-state index is 12.8. The third kappa shape index (κ3) is 4.26. The van der Waals surface area contributed by atoms with Crippen LogP contribution in [0.1, 0.15) is 12.0 Å². The first-order chi connectivity index (χ1) is 16.3. The van der Waals surface area contributed by atoms with Crippen LogP contribution in [0, 0.1) is 23.7 Å². The molecule has 3 amide bonds. The predicted molar refractivity (Wildman–Crippen MR) is 132 cm³/mol. The molecule has 4 atom stereocenters. The minimum absolute atomic E-state index is 0.128. The number of imide groups is 1. The molecule has 7 nitrogen and oxygen atoms in total. The van der Waals surface area contributed by atoms with E-state index in [1.165, 1.54) is 6.21 Å². The Hall–Kier alpha value is -2.68. The molecule has 10 heteroatoms. The molecule has 2 aromatic rings. The predicted octanol–water partition coefficient (Wildman–Crippen LogP) is 4.91. The molecular weight excluding hydrogens is 545 g/mol. The van der Waals surface area contributed by atoms with Crippen LogP contribution in [0.2, 0.25) is 10.0 Å². The number of halogens is 3. The van der Waals surface area contributed by atoms with Crippen LogP contribution >= 0.6 is 39.1 Å². The number of rotatable bonds is 6. The Morgan fingerprint density at radius 1 is 1.12 bits per heavy atom. The first-order valence-corrected chi connectivity index (χ1v) is 12.1. The molecule has 2 bridgehead atoms. The molecule has 3 aliphatic rings. The molecule has 5 rings (SSSR count). The fourth-order valence-electron chi connectivity index (χ4n) is 4.78. The van der Waals surface area contributed by atoms with Gasteiger partial charge in [0, 0.05) is 10.7 Å². The first kappa shape index (κ1) is 23.1. The molecule has 0 radical (unpaired) electrons. The van der Waals surface area contributed by atoms with Crippen LogP contribution in [0.25, 0.3) is 0 Å². The van der Waals surface area contributed by atoms with E-state index in [2.05, 4.69) is 26.3 Å². The van der Waals surface area contributed by atoms with E-state index in [1.54, 1.807) is 36.4 Å². The van der Waals surface area contributed by atoms with Crippen molar-refractivity contribution in [3.05, 3.63) is 68.6 Å². The number of hydrogen-bond acceptors (Lipinski definition) is 5. The molecule has 0 aromatic heterocycles. The number of hydrogen-bond donors (Lipinski definition) is 1. The lowest BCUT2D eigenvalue weighted by Crippen LogP contribution is -2.28. The van der Waals surface area contributed by atoms with Crippen LogP contribution < -0.4 is 10.1 Å². The van der Waals surface area contributed by atoms with Crippen LogP contribution in [-0.2, 0) is 14.4 Å². The summed E-state index contributed by atoms with van der Waals surface area (Å²) in [6.07, 6.45) is 6.36. The van der Waals surface area contributed by atoms with Crippen molar-refractivity contribution in [2.45, 2.75) is 6.42 Å². The number of allylic oxidation sites excluding steroid dienone is 2. The van der Waals surface area contributed by atoms with E-state index < -0.39 is 0 Å². The maximum Gasteiger partial charge on any atom is 0.262 e. The van der Waals surface area contributed by atoms with Gasteiger partial charge in [0.25, 0.3) is 17.7 Å². The highest BCUT2D eigenvalue weighted by Crippen LogP contribution is 2.52. The summed E-state index contributed by atoms with van der Waals surface area (Å²) in [5.41, 5.74) is 1.15. The van der Waals surface area contributed by atoms with Crippen LogP contribution in [0.5, 0.6) is 5.75 Å². The monoisotopic (exact) mass is 561 g/mol. The fraction of sp³-hybridized carbons (Fsp3) is 0.250. The zero-order valence-electron chi connectivity index (χ0n) is 17.6. The van der Waals surface area contributed by atoms with E-state index in [0.717, 1.165) is 11.4 Å². The van der Waals surface area contributed by atoms with E-state index in [0.29, 0.717) is 20.7 Å². The van der Waals surface area contributed by atoms with Crippen LogP contribution in [0.4, 0.5) is 5.69 Å². The Morgan fingerprint density at radius 3 is 2.38 bits per heavy atom. The molecule has 2 aliphatic carbocycles. The van der Waals surface area contributed by atoms with E-state index >= 15 is 0 Å². The summed E-state index contributed by atoms with van der Waals surface area (Å²) in [7, 11) is 0. The molecule has 2 fully saturated rings. The van der Waals surface area contributed by atoms with Crippen molar-refractivity contribution in [2.24, 2.45) is 28.8 Å². The average molecular weight is 563 g/mol. The van der Waals surface area contributed by atoms with E-state index in [9.17, 15) is 14.4 Å². The first-order valence-electron chi connectivity index (χ1n) is 10.6. The van der Waals surface area contributed by atoms with E-state index in [4.69, 9.17) is 27.9 Å². The lowest BCUT2D eigenvalue weighted by molar-refractivity contribution is -0.140. The van der Waals surface area contributed by atoms with Gasteiger partial charge in [0.2, 0.25) is 0 Å². The number of anilines is 1. The van der Waals surface area contributed by atoms with Crippen molar-refractivity contribution in [1.82, 2.24) is 5.01 Å². The normalized spacial score (nSPS) is 24.9. The summed E-state index contributed by atoms with van der Waals surface area (Å²) in [6, 6.07) is 9.96. The van der Waals surface area contributed by atoms with E-state index in [1.807, 2.05) is 12.2 Å². The average Bonchev–Trinajstić information content (AvgIpc) is 3.47. The second kappa shape index (κ2) is 9.17. The van der Waals surface area contributed by atoms with Crippen LogP contribution in [0.3, 0.4) is 0 Å². The second-order valence-electron chi connectivity index (χ2n) is 8.39. The molecule has 1 heterocycles. The van der Waals surface area contributed by atoms with Crippen LogP contribution in [0.15, 0.2) is 58.1 Å². The summed E-state index contributed by atoms with van der Waals surface area (Å²) in [6.45, 7) is -0.260. The number of nitrogens with one attached hydrogen (secondary N) is 1. The van der Waals surface area contributed by atoms with Crippen molar-refractivity contribution in [3.63, 3.8) is 0 Å². The molecule has 34 heavy (non-hydrogen) atoms. The van der Waals surface area contributed by atoms with Gasteiger partial charge in [0.1, 0.15) is 0 Å². The van der Waals surface area contributed by atoms with Crippen molar-refractivity contribution < 1.29 is 19.1 Å². The van der Waals surface area contributed by atoms with Crippen molar-refractivity contribution in [2.75, 3.05) is 11.9 Å². The standard InChI is InChI=1S/C24H18BrCl2N3O4/c25-17-7-12(10-28-30-23(32)20-13-1-2-14(9-13)21(20)24(30)33)8-18(27)22(17)34-11-19(31)29-16-5-3-15(26)4-6-16/h1-8,10,13-14,20-21H,9,11H2,(H,29,31)/t13-,14-,20-,21+/m0/s1. The van der Waals surface area contributed by atoms with E-state index in [-0.39, 0.29) is 58.8 Å². The fourth-order valence-corrected chi connectivity index (χ4v) is 5.90. The zero-order valence-corrected chi connectivity index (χ0v) is 20.7. The zero-order chi connectivity index (χ0) is 24.0. The highest BCUT2D eigenvalue weighted by molar-refractivity contribution is 9.10. The molecule has 0 spiro atoms. The summed E-state index contributed by atoms with van der Waals surface area (Å²) in [5.74, 6) is -0.923. The highest BCUT2D eigenvalue weighted by atomic mass is 79.9. The molecule has 0 unspecified atom stereocenters. The number of amides is 3. The van der Waals surface area contributed by atoms with Gasteiger partial charge in [-0.3, -0.25) is 14.4 Å². The largest absolute Gasteiger partial charge is 0.481 e. The Balaban J connectivity index is 1.23. The van der Waals surface area contributed by atoms with Crippen molar-refractivity contribution in [1.29, 1.82) is 0 Å². The van der Waals surface area contributed by atoms with Gasteiger partial charge in [0.15, 0.2) is 12.4 Å². The van der Waals surface area contributed by atoms with Crippen LogP contribution in [-0.4, -0.2) is 35.6 Å². The van der Waals surface area contributed by atoms with Gasteiger partial charge in [-0.05, 0) is 76.1 Å². The Kier molecular flexibility index (Phi) is 6.22. The third-order valence-corrected chi connectivity index (χ3v) is 7.39. The molecule has 1 saturated carbocycles. The number of nitrogens with zero attached hydrogens (tertiary/aromatic N) is 2. The summed E-state index contributed by atoms with van der Waals surface area (Å²) >= 11 is 15.6. The minimum atomic E-state index is -0.365. The Labute approximate surface area is 213 Å². The molecule has 174 valence electrons. The summed E-state index contributed by atoms with van der Waals surface area (Å²) < 4.78 is 6.09. The van der Waals surface area contributed by atoms with Crippen molar-refractivity contribution in [3.8, 4) is 5.75 Å². The number of hydrazone groups is 1. The van der Waals surface area contributed by atoms with Gasteiger partial charge < -0.3 is 10.1 Å². The number of ether oxygens (including phenoxy) is 1. The smallest absolute Gasteiger partial charge is 0.262 e. The quantitative estimate of drug-likeness (QED) is 0.308. The van der Waals surface area contributed by atoms with Gasteiger partial charge in [0.05, 0.1) is 27.5 Å². The lowest BCUT2D eigenvalue weighted by atomic mass is 9.85. The minimum Gasteiger partial charge on any atom is -0.481 e. The highest BCUT2D eigenvalue weighted by Gasteiger charge is 2.59. The topological polar surface area (TPSA) is 88.1 Å². The van der Waals surface area contributed by atoms with Gasteiger partial charge >= 0.3 is 0 Å². The third-order valence-electron chi connectivity index (χ3n) is 6.27. The second-order valence-corrected chi connectivity index (χ2v) is 10.1. The Bertz CT molecular complexity index is 1190. The number of carbonyl (C=O) groups excluding carboxylic acids is 3.